The fourth-order valence-electron chi connectivity index (χ4n) is 2.32. The molecule has 1 amide bonds. The van der Waals surface area contributed by atoms with Crippen LogP contribution in [0.4, 0.5) is 0 Å². The minimum Gasteiger partial charge on any atom is -0.490 e. The zero-order valence-electron chi connectivity index (χ0n) is 15.8. The van der Waals surface area contributed by atoms with Gasteiger partial charge in [-0.25, -0.2) is 0 Å². The second-order valence-electron chi connectivity index (χ2n) is 6.04. The summed E-state index contributed by atoms with van der Waals surface area (Å²) >= 11 is 6.90. The molecule has 2 aromatic rings. The fourth-order valence-corrected chi connectivity index (χ4v) is 3.02. The molecule has 0 heterocycles. The number of amides is 1. The highest BCUT2D eigenvalue weighted by atomic mass is 79.9. The van der Waals surface area contributed by atoms with Gasteiger partial charge in [-0.1, -0.05) is 44.0 Å². The van der Waals surface area contributed by atoms with E-state index in [-0.39, 0.29) is 11.5 Å². The standard InChI is InChI=1S/C21H20Br2N2O3/c1-4-27-19-10-15(9-16(12-24)21(26)25(2)3)18(23)11-20(19)28-13-14-5-7-17(22)8-6-14/h5-11H,4,13H2,1-3H3/b16-9-. The third kappa shape index (κ3) is 5.85. The first-order chi connectivity index (χ1) is 13.3. The minimum atomic E-state index is -0.358. The maximum Gasteiger partial charge on any atom is 0.264 e. The average molecular weight is 508 g/mol. The van der Waals surface area contributed by atoms with Gasteiger partial charge in [0.2, 0.25) is 0 Å². The molecule has 0 radical (unpaired) electrons. The van der Waals surface area contributed by atoms with E-state index < -0.39 is 0 Å². The SMILES string of the molecule is CCOc1cc(/C=C(/C#N)C(=O)N(C)C)c(Br)cc1OCc1ccc(Br)cc1. The number of nitriles is 1. The number of ether oxygens (including phenoxy) is 2. The Balaban J connectivity index is 2.33. The number of benzene rings is 2. The van der Waals surface area contributed by atoms with Gasteiger partial charge >= 0.3 is 0 Å². The third-order valence-electron chi connectivity index (χ3n) is 3.73. The lowest BCUT2D eigenvalue weighted by Crippen LogP contribution is -2.22. The van der Waals surface area contributed by atoms with E-state index in [0.29, 0.717) is 34.7 Å². The molecule has 0 aliphatic heterocycles. The quantitative estimate of drug-likeness (QED) is 0.382. The average Bonchev–Trinajstić information content (AvgIpc) is 2.67. The lowest BCUT2D eigenvalue weighted by Gasteiger charge is -2.15. The van der Waals surface area contributed by atoms with Gasteiger partial charge in [0.1, 0.15) is 18.2 Å². The van der Waals surface area contributed by atoms with E-state index in [9.17, 15) is 10.1 Å². The molecule has 0 aromatic heterocycles. The van der Waals surface area contributed by atoms with Gasteiger partial charge in [-0.15, -0.1) is 0 Å². The van der Waals surface area contributed by atoms with Gasteiger partial charge in [0, 0.05) is 23.0 Å². The highest BCUT2D eigenvalue weighted by molar-refractivity contribution is 9.10. The molecule has 0 fully saturated rings. The highest BCUT2D eigenvalue weighted by Gasteiger charge is 2.15. The summed E-state index contributed by atoms with van der Waals surface area (Å²) in [6.45, 7) is 2.73. The van der Waals surface area contributed by atoms with Crippen molar-refractivity contribution in [1.29, 1.82) is 5.26 Å². The topological polar surface area (TPSA) is 62.6 Å². The van der Waals surface area contributed by atoms with E-state index in [2.05, 4.69) is 31.9 Å². The molecule has 5 nitrogen and oxygen atoms in total. The van der Waals surface area contributed by atoms with Crippen molar-refractivity contribution in [3.05, 3.63) is 62.0 Å². The van der Waals surface area contributed by atoms with Gasteiger partial charge in [-0.2, -0.15) is 5.26 Å². The largest absolute Gasteiger partial charge is 0.490 e. The first-order valence-electron chi connectivity index (χ1n) is 8.52. The van der Waals surface area contributed by atoms with E-state index in [4.69, 9.17) is 9.47 Å². The molecule has 0 N–H and O–H groups in total. The van der Waals surface area contributed by atoms with Crippen LogP contribution >= 0.6 is 31.9 Å². The smallest absolute Gasteiger partial charge is 0.264 e. The lowest BCUT2D eigenvalue weighted by atomic mass is 10.1. The maximum atomic E-state index is 12.1. The number of halogens is 2. The first kappa shape index (κ1) is 22.0. The summed E-state index contributed by atoms with van der Waals surface area (Å²) < 4.78 is 13.3. The summed E-state index contributed by atoms with van der Waals surface area (Å²) in [4.78, 5) is 13.5. The molecular weight excluding hydrogens is 488 g/mol. The maximum absolute atomic E-state index is 12.1. The van der Waals surface area contributed by atoms with Crippen LogP contribution in [0, 0.1) is 11.3 Å². The number of carbonyl (C=O) groups excluding carboxylic acids is 1. The summed E-state index contributed by atoms with van der Waals surface area (Å²) in [5.74, 6) is 0.762. The number of hydrogen-bond donors (Lipinski definition) is 0. The van der Waals surface area contributed by atoms with Gasteiger partial charge in [0.15, 0.2) is 11.5 Å². The van der Waals surface area contributed by atoms with E-state index >= 15 is 0 Å². The number of carbonyl (C=O) groups is 1. The molecule has 0 saturated heterocycles. The zero-order valence-corrected chi connectivity index (χ0v) is 19.0. The minimum absolute atomic E-state index is 0.0386. The Morgan fingerprint density at radius 1 is 1.14 bits per heavy atom. The lowest BCUT2D eigenvalue weighted by molar-refractivity contribution is -0.124. The number of hydrogen-bond acceptors (Lipinski definition) is 4. The van der Waals surface area contributed by atoms with Gasteiger partial charge in [-0.3, -0.25) is 4.79 Å². The second-order valence-corrected chi connectivity index (χ2v) is 7.81. The predicted molar refractivity (Wildman–Crippen MR) is 116 cm³/mol. The Morgan fingerprint density at radius 3 is 2.36 bits per heavy atom. The van der Waals surface area contributed by atoms with Crippen molar-refractivity contribution in [3.63, 3.8) is 0 Å². The Morgan fingerprint density at radius 2 is 1.79 bits per heavy atom. The van der Waals surface area contributed by atoms with Crippen molar-refractivity contribution in [2.45, 2.75) is 13.5 Å². The molecule has 0 aliphatic carbocycles. The molecule has 0 saturated carbocycles. The molecule has 146 valence electrons. The first-order valence-corrected chi connectivity index (χ1v) is 10.1. The molecule has 7 heteroatoms. The van der Waals surface area contributed by atoms with Crippen molar-refractivity contribution in [2.24, 2.45) is 0 Å². The Bertz CT molecular complexity index is 916. The van der Waals surface area contributed by atoms with Crippen LogP contribution in [0.1, 0.15) is 18.1 Å². The van der Waals surface area contributed by atoms with Gasteiger partial charge in [-0.05, 0) is 48.4 Å². The van der Waals surface area contributed by atoms with Crippen LogP contribution in [0.3, 0.4) is 0 Å². The Hall–Kier alpha value is -2.30. The molecule has 0 aliphatic rings. The van der Waals surface area contributed by atoms with Crippen LogP contribution in [0.15, 0.2) is 50.9 Å². The van der Waals surface area contributed by atoms with E-state index in [1.54, 1.807) is 26.2 Å². The van der Waals surface area contributed by atoms with Crippen LogP contribution in [0.25, 0.3) is 6.08 Å². The van der Waals surface area contributed by atoms with Crippen molar-refractivity contribution < 1.29 is 14.3 Å². The van der Waals surface area contributed by atoms with Crippen molar-refractivity contribution in [1.82, 2.24) is 4.90 Å². The summed E-state index contributed by atoms with van der Waals surface area (Å²) in [6, 6.07) is 13.3. The monoisotopic (exact) mass is 506 g/mol. The molecule has 0 unspecified atom stereocenters. The molecule has 2 aromatic carbocycles. The normalized spacial score (nSPS) is 10.9. The van der Waals surface area contributed by atoms with E-state index in [1.807, 2.05) is 37.3 Å². The number of likely N-dealkylation sites (N-methyl/N-ethyl adjacent to an activating group) is 1. The molecule has 0 bridgehead atoms. The Labute approximate surface area is 181 Å². The highest BCUT2D eigenvalue weighted by Crippen LogP contribution is 2.35. The molecular formula is C21H20Br2N2O3. The summed E-state index contributed by atoms with van der Waals surface area (Å²) in [5.41, 5.74) is 1.72. The zero-order chi connectivity index (χ0) is 20.7. The molecule has 0 atom stereocenters. The summed E-state index contributed by atoms with van der Waals surface area (Å²) in [6.07, 6.45) is 1.54. The fraction of sp³-hybridized carbons (Fsp3) is 0.238. The summed E-state index contributed by atoms with van der Waals surface area (Å²) in [5, 5.41) is 9.31. The molecule has 28 heavy (non-hydrogen) atoms. The van der Waals surface area contributed by atoms with Gasteiger partial charge in [0.05, 0.1) is 6.61 Å². The van der Waals surface area contributed by atoms with Crippen LogP contribution in [-0.2, 0) is 11.4 Å². The van der Waals surface area contributed by atoms with Crippen LogP contribution < -0.4 is 9.47 Å². The van der Waals surface area contributed by atoms with Crippen molar-refractivity contribution >= 4 is 43.8 Å². The van der Waals surface area contributed by atoms with Crippen molar-refractivity contribution in [3.8, 4) is 17.6 Å². The Kier molecular flexibility index (Phi) is 8.09. The summed E-state index contributed by atoms with van der Waals surface area (Å²) in [7, 11) is 3.21. The van der Waals surface area contributed by atoms with Crippen LogP contribution in [0.5, 0.6) is 11.5 Å². The van der Waals surface area contributed by atoms with E-state index in [1.165, 1.54) is 11.0 Å². The third-order valence-corrected chi connectivity index (χ3v) is 4.94. The van der Waals surface area contributed by atoms with Crippen LogP contribution in [0.2, 0.25) is 0 Å². The van der Waals surface area contributed by atoms with Crippen LogP contribution in [-0.4, -0.2) is 31.5 Å². The molecule has 2 rings (SSSR count). The number of rotatable bonds is 7. The van der Waals surface area contributed by atoms with Crippen molar-refractivity contribution in [2.75, 3.05) is 20.7 Å². The molecule has 0 spiro atoms. The van der Waals surface area contributed by atoms with Gasteiger partial charge in [0.25, 0.3) is 5.91 Å². The second kappa shape index (κ2) is 10.3. The number of nitrogens with zero attached hydrogens (tertiary/aromatic N) is 2. The predicted octanol–water partition coefficient (Wildman–Crippen LogP) is 5.18. The van der Waals surface area contributed by atoms with E-state index in [0.717, 1.165) is 10.0 Å². The van der Waals surface area contributed by atoms with Gasteiger partial charge < -0.3 is 14.4 Å².